The van der Waals surface area contributed by atoms with E-state index in [1.54, 1.807) is 95.7 Å². The lowest BCUT2D eigenvalue weighted by Gasteiger charge is -2.40. The second-order valence-electron chi connectivity index (χ2n) is 20.7. The van der Waals surface area contributed by atoms with Crippen LogP contribution >= 0.6 is 0 Å². The number of hydrogen-bond acceptors (Lipinski definition) is 12. The van der Waals surface area contributed by atoms with Gasteiger partial charge in [-0.25, -0.2) is 21.6 Å². The highest BCUT2D eigenvalue weighted by atomic mass is 32.2. The number of methoxy groups -OCH3 is 2. The summed E-state index contributed by atoms with van der Waals surface area (Å²) in [5.41, 5.74) is 3.84. The van der Waals surface area contributed by atoms with E-state index in [-0.39, 0.29) is 48.3 Å². The average Bonchev–Trinajstić information content (AvgIpc) is 3.47. The fraction of sp³-hybridized carbons (Fsp3) is 0.518. The van der Waals surface area contributed by atoms with E-state index in [0.29, 0.717) is 65.3 Å². The molecule has 0 bridgehead atoms. The molecule has 0 aliphatic carbocycles. The summed E-state index contributed by atoms with van der Waals surface area (Å²) in [6.07, 6.45) is -14.1. The Kier molecular flexibility index (Phi) is 24.0. The van der Waals surface area contributed by atoms with Crippen LogP contribution in [-0.4, -0.2) is 155 Å². The molecule has 6 rings (SSSR count). The number of nitrogens with zero attached hydrogens (tertiary/aromatic N) is 2. The molecule has 2 N–H and O–H groups in total. The number of sulfone groups is 2. The van der Waals surface area contributed by atoms with E-state index in [1.807, 2.05) is 17.0 Å². The molecule has 450 valence electrons. The van der Waals surface area contributed by atoms with E-state index < -0.39 is 84.0 Å². The topological polar surface area (TPSA) is 194 Å². The van der Waals surface area contributed by atoms with Crippen LogP contribution in [0, 0.1) is 0 Å². The second kappa shape index (κ2) is 28.6. The monoisotopic (exact) mass is 1200 g/mol. The highest BCUT2D eigenvalue weighted by Gasteiger charge is 2.55. The summed E-state index contributed by atoms with van der Waals surface area (Å²) < 4.78 is 173. The van der Waals surface area contributed by atoms with Crippen molar-refractivity contribution in [2.45, 2.75) is 128 Å². The molecule has 25 heteroatoms. The molecule has 2 aliphatic rings. The van der Waals surface area contributed by atoms with Crippen LogP contribution in [0.4, 0.5) is 39.5 Å². The van der Waals surface area contributed by atoms with Crippen LogP contribution in [0.25, 0.3) is 22.3 Å². The molecule has 0 atom stereocenters. The molecule has 0 radical (unpaired) electrons. The van der Waals surface area contributed by atoms with Gasteiger partial charge in [0.15, 0.2) is 29.2 Å². The van der Waals surface area contributed by atoms with Crippen molar-refractivity contribution in [2.75, 3.05) is 66.7 Å². The third-order valence-corrected chi connectivity index (χ3v) is 18.7. The molecule has 4 aromatic carbocycles. The second-order valence-corrected chi connectivity index (χ2v) is 25.2. The van der Waals surface area contributed by atoms with E-state index in [4.69, 9.17) is 24.1 Å². The smallest absolute Gasteiger partial charge is 0.480 e. The maximum Gasteiger partial charge on any atom is 0.490 e. The number of likely N-dealkylation sites (tertiary alicyclic amines) is 2. The number of aryl methyl sites for hydroxylation is 2. The Hall–Kier alpha value is -5.60. The quantitative estimate of drug-likeness (QED) is 0.0627. The molecule has 0 amide bonds. The molecule has 14 nitrogen and oxygen atoms in total. The minimum absolute atomic E-state index is 0.00800. The van der Waals surface area contributed by atoms with Crippen molar-refractivity contribution < 1.29 is 95.2 Å². The summed E-state index contributed by atoms with van der Waals surface area (Å²) in [5, 5.41) is 17.1. The third kappa shape index (κ3) is 19.5. The Morgan fingerprint density at radius 1 is 0.519 bits per heavy atom. The number of rotatable bonds is 20. The zero-order valence-corrected chi connectivity index (χ0v) is 47.2. The number of alkyl halides is 9. The number of carboxylic acid groups (broad SMARTS) is 2. The Labute approximate surface area is 466 Å². The molecule has 2 saturated heterocycles. The number of carboxylic acids is 2. The van der Waals surface area contributed by atoms with Gasteiger partial charge in [-0.05, 0) is 130 Å². The van der Waals surface area contributed by atoms with Gasteiger partial charge in [-0.2, -0.15) is 39.5 Å². The molecule has 2 aliphatic heterocycles. The number of halogens is 9. The van der Waals surface area contributed by atoms with Crippen molar-refractivity contribution in [2.24, 2.45) is 0 Å². The molecule has 0 unspecified atom stereocenters. The first-order valence-corrected chi connectivity index (χ1v) is 28.8. The van der Waals surface area contributed by atoms with Gasteiger partial charge in [0.25, 0.3) is 0 Å². The molecular formula is C56H69F9N2O12S2. The van der Waals surface area contributed by atoms with Gasteiger partial charge in [-0.3, -0.25) is 9.59 Å². The van der Waals surface area contributed by atoms with E-state index in [0.717, 1.165) is 33.4 Å². The van der Waals surface area contributed by atoms with Crippen LogP contribution in [0.5, 0.6) is 0 Å². The Balaban J connectivity index is 0.000000313. The lowest BCUT2D eigenvalue weighted by Crippen LogP contribution is -2.56. The Bertz CT molecular complexity index is 2880. The summed E-state index contributed by atoms with van der Waals surface area (Å²) in [4.78, 5) is 38.6. The predicted octanol–water partition coefficient (Wildman–Crippen LogP) is 11.0. The number of hydrogen-bond donors (Lipinski definition) is 2. The van der Waals surface area contributed by atoms with Crippen LogP contribution in [-0.2, 0) is 61.1 Å². The van der Waals surface area contributed by atoms with Crippen molar-refractivity contribution in [3.63, 3.8) is 0 Å². The lowest BCUT2D eigenvalue weighted by molar-refractivity contribution is -0.192. The molecular weight excluding hydrogens is 1130 g/mol. The molecule has 2 heterocycles. The van der Waals surface area contributed by atoms with Gasteiger partial charge >= 0.3 is 36.4 Å². The van der Waals surface area contributed by atoms with Gasteiger partial charge in [-0.15, -0.1) is 0 Å². The fourth-order valence-electron chi connectivity index (χ4n) is 9.09. The van der Waals surface area contributed by atoms with Crippen LogP contribution in [0.2, 0.25) is 0 Å². The lowest BCUT2D eigenvalue weighted by atomic mass is 9.95. The molecule has 2 fully saturated rings. The van der Waals surface area contributed by atoms with Gasteiger partial charge in [0.2, 0.25) is 0 Å². The number of carbonyl (C=O) groups excluding carboxylic acids is 1. The zero-order valence-electron chi connectivity index (χ0n) is 45.6. The van der Waals surface area contributed by atoms with Gasteiger partial charge in [-0.1, -0.05) is 72.8 Å². The van der Waals surface area contributed by atoms with Gasteiger partial charge in [0.05, 0.1) is 23.0 Å². The van der Waals surface area contributed by atoms with E-state index >= 15 is 0 Å². The van der Waals surface area contributed by atoms with Crippen LogP contribution < -0.4 is 0 Å². The largest absolute Gasteiger partial charge is 0.490 e. The van der Waals surface area contributed by atoms with Crippen molar-refractivity contribution in [3.8, 4) is 22.3 Å². The standard InChI is InChI=1S/C29H38F3NO5S.C25H30F3NO5S.C2HF3O2/c1-27(2,3)38-26(34)28(16-18-33(19-17-28)20-21-37-4)39(35,36)25-13-11-24(12-14-25)23-9-7-22(8-10-23)6-5-15-29(30,31)32;1-34-18-17-29-15-13-24(14-16-29,23(30)31)35(32,33)22-10-8-21(9-11-22)20-6-4-19(5-7-20)3-2-12-25(26,27)28;3-2(4,5)1(6)7/h7-14H,5-6,15-21H2,1-4H3;4-11H,2-3,12-18H2,1H3,(H,30,31);(H,6,7). The number of carbonyl (C=O) groups is 3. The molecule has 81 heavy (non-hydrogen) atoms. The first kappa shape index (κ1) is 67.9. The summed E-state index contributed by atoms with van der Waals surface area (Å²) in [6, 6.07) is 26.7. The van der Waals surface area contributed by atoms with Gasteiger partial charge < -0.3 is 34.2 Å². The first-order chi connectivity index (χ1) is 37.6. The van der Waals surface area contributed by atoms with Crippen LogP contribution in [0.15, 0.2) is 107 Å². The van der Waals surface area contributed by atoms with Crippen LogP contribution in [0.3, 0.4) is 0 Å². The van der Waals surface area contributed by atoms with Gasteiger partial charge in [0.1, 0.15) is 5.60 Å². The molecule has 0 saturated carbocycles. The normalized spacial score (nSPS) is 16.3. The Morgan fingerprint density at radius 3 is 1.09 bits per heavy atom. The summed E-state index contributed by atoms with van der Waals surface area (Å²) in [6.45, 7) is 8.97. The number of piperidine rings is 2. The summed E-state index contributed by atoms with van der Waals surface area (Å²) in [5.74, 6) is -4.83. The minimum Gasteiger partial charge on any atom is -0.480 e. The van der Waals surface area contributed by atoms with Crippen molar-refractivity contribution >= 4 is 37.6 Å². The zero-order chi connectivity index (χ0) is 60.7. The fourth-order valence-corrected chi connectivity index (χ4v) is 12.9. The summed E-state index contributed by atoms with van der Waals surface area (Å²) >= 11 is 0. The SMILES string of the molecule is COCCN1CCC(C(=O)O)(S(=O)(=O)c2ccc(-c3ccc(CCCC(F)(F)F)cc3)cc2)CC1.COCCN1CCC(C(=O)OC(C)(C)C)(S(=O)(=O)c2ccc(-c3ccc(CCCC(F)(F)F)cc3)cc2)CC1.O=C(O)C(F)(F)F. The highest BCUT2D eigenvalue weighted by molar-refractivity contribution is 7.94. The van der Waals surface area contributed by atoms with E-state index in [9.17, 15) is 71.0 Å². The number of benzene rings is 4. The highest BCUT2D eigenvalue weighted by Crippen LogP contribution is 2.40. The molecule has 4 aromatic rings. The third-order valence-electron chi connectivity index (χ3n) is 13.7. The van der Waals surface area contributed by atoms with Crippen molar-refractivity contribution in [3.05, 3.63) is 108 Å². The maximum absolute atomic E-state index is 14.0. The number of ether oxygens (including phenoxy) is 3. The maximum atomic E-state index is 14.0. The Morgan fingerprint density at radius 2 is 0.815 bits per heavy atom. The minimum atomic E-state index is -5.08. The predicted molar refractivity (Wildman–Crippen MR) is 284 cm³/mol. The van der Waals surface area contributed by atoms with Gasteiger partial charge in [0, 0.05) is 66.3 Å². The molecule has 0 spiro atoms. The van der Waals surface area contributed by atoms with Crippen molar-refractivity contribution in [1.29, 1.82) is 0 Å². The van der Waals surface area contributed by atoms with E-state index in [2.05, 4.69) is 4.90 Å². The number of esters is 1. The van der Waals surface area contributed by atoms with Crippen molar-refractivity contribution in [1.82, 2.24) is 9.80 Å². The van der Waals surface area contributed by atoms with E-state index in [1.165, 1.54) is 24.3 Å². The number of aliphatic carboxylic acids is 2. The average molecular weight is 1200 g/mol. The molecule has 0 aromatic heterocycles. The summed E-state index contributed by atoms with van der Waals surface area (Å²) in [7, 11) is -5.05. The van der Waals surface area contributed by atoms with Crippen LogP contribution in [0.1, 0.15) is 83.3 Å². The first-order valence-electron chi connectivity index (χ1n) is 25.8.